The van der Waals surface area contributed by atoms with Crippen LogP contribution >= 0.6 is 11.6 Å². The molecule has 0 amide bonds. The zero-order chi connectivity index (χ0) is 14.8. The molecule has 0 aliphatic rings. The summed E-state index contributed by atoms with van der Waals surface area (Å²) in [5.74, 6) is 0. The van der Waals surface area contributed by atoms with Crippen LogP contribution in [0, 0.1) is 6.92 Å². The molecule has 2 aromatic heterocycles. The van der Waals surface area contributed by atoms with Gasteiger partial charge in [-0.25, -0.2) is 4.68 Å². The van der Waals surface area contributed by atoms with Crippen LogP contribution in [0.2, 0.25) is 5.02 Å². The molecule has 0 aliphatic heterocycles. The maximum Gasteiger partial charge on any atom is 0.153 e. The lowest BCUT2D eigenvalue weighted by Crippen LogP contribution is -1.97. The molecule has 0 spiro atoms. The molecule has 5 nitrogen and oxygen atoms in total. The number of aromatic nitrogens is 4. The van der Waals surface area contributed by atoms with Gasteiger partial charge in [0.25, 0.3) is 0 Å². The van der Waals surface area contributed by atoms with Crippen LogP contribution in [-0.2, 0) is 0 Å². The molecule has 2 heterocycles. The molecule has 0 fully saturated rings. The Kier molecular flexibility index (Phi) is 3.50. The van der Waals surface area contributed by atoms with E-state index in [1.807, 2.05) is 19.1 Å². The summed E-state index contributed by atoms with van der Waals surface area (Å²) in [5.41, 5.74) is 3.06. The van der Waals surface area contributed by atoms with Gasteiger partial charge < -0.3 is 0 Å². The fourth-order valence-corrected chi connectivity index (χ4v) is 2.23. The highest BCUT2D eigenvalue weighted by molar-refractivity contribution is 6.30. The number of hydrogen-bond acceptors (Lipinski definition) is 4. The highest BCUT2D eigenvalue weighted by atomic mass is 35.5. The van der Waals surface area contributed by atoms with Crippen molar-refractivity contribution in [3.05, 3.63) is 59.1 Å². The fraction of sp³-hybridized carbons (Fsp3) is 0.0667. The third-order valence-electron chi connectivity index (χ3n) is 3.05. The molecule has 0 radical (unpaired) electrons. The Bertz CT molecular complexity index is 813. The predicted octanol–water partition coefficient (Wildman–Crippen LogP) is 3.10. The van der Waals surface area contributed by atoms with Crippen LogP contribution in [0.4, 0.5) is 0 Å². The summed E-state index contributed by atoms with van der Waals surface area (Å²) < 4.78 is 1.61. The first-order valence-electron chi connectivity index (χ1n) is 6.28. The Morgan fingerprint density at radius 2 is 2.00 bits per heavy atom. The molecule has 0 aliphatic carbocycles. The van der Waals surface area contributed by atoms with Crippen LogP contribution in [0.15, 0.2) is 42.9 Å². The number of rotatable bonds is 3. The topological polar surface area (TPSA) is 60.7 Å². The number of aldehydes is 1. The van der Waals surface area contributed by atoms with E-state index in [-0.39, 0.29) is 0 Å². The molecule has 0 saturated carbocycles. The molecule has 0 bridgehead atoms. The Morgan fingerprint density at radius 1 is 1.19 bits per heavy atom. The minimum absolute atomic E-state index is 0.457. The van der Waals surface area contributed by atoms with E-state index in [9.17, 15) is 4.79 Å². The van der Waals surface area contributed by atoms with Crippen molar-refractivity contribution in [2.75, 3.05) is 0 Å². The summed E-state index contributed by atoms with van der Waals surface area (Å²) >= 11 is 5.98. The first kappa shape index (κ1) is 13.5. The Morgan fingerprint density at radius 3 is 2.71 bits per heavy atom. The van der Waals surface area contributed by atoms with Crippen molar-refractivity contribution in [3.8, 4) is 17.1 Å². The zero-order valence-corrected chi connectivity index (χ0v) is 11.9. The van der Waals surface area contributed by atoms with Gasteiger partial charge in [0.2, 0.25) is 0 Å². The monoisotopic (exact) mass is 298 g/mol. The van der Waals surface area contributed by atoms with E-state index in [0.717, 1.165) is 17.7 Å². The van der Waals surface area contributed by atoms with E-state index in [2.05, 4.69) is 15.1 Å². The van der Waals surface area contributed by atoms with Crippen LogP contribution in [-0.4, -0.2) is 26.0 Å². The summed E-state index contributed by atoms with van der Waals surface area (Å²) in [5, 5.41) is 5.05. The molecule has 0 atom stereocenters. The van der Waals surface area contributed by atoms with E-state index in [4.69, 9.17) is 11.6 Å². The van der Waals surface area contributed by atoms with Gasteiger partial charge >= 0.3 is 0 Å². The third kappa shape index (κ3) is 2.55. The van der Waals surface area contributed by atoms with Gasteiger partial charge in [-0.05, 0) is 25.1 Å². The normalized spacial score (nSPS) is 10.6. The molecule has 0 saturated heterocycles. The van der Waals surface area contributed by atoms with Crippen molar-refractivity contribution in [3.63, 3.8) is 0 Å². The third-order valence-corrected chi connectivity index (χ3v) is 3.28. The number of aryl methyl sites for hydroxylation is 1. The fourth-order valence-electron chi connectivity index (χ4n) is 2.05. The SMILES string of the molecule is Cc1nccnc1-c1nn(-c2cccc(Cl)c2)cc1C=O. The highest BCUT2D eigenvalue weighted by Crippen LogP contribution is 2.23. The quantitative estimate of drug-likeness (QED) is 0.697. The van der Waals surface area contributed by atoms with Crippen molar-refractivity contribution in [2.24, 2.45) is 0 Å². The van der Waals surface area contributed by atoms with E-state index in [1.165, 1.54) is 0 Å². The molecule has 6 heteroatoms. The molecule has 3 rings (SSSR count). The molecular formula is C15H11ClN4O. The highest BCUT2D eigenvalue weighted by Gasteiger charge is 2.15. The average Bonchev–Trinajstić information content (AvgIpc) is 2.92. The minimum atomic E-state index is 0.457. The van der Waals surface area contributed by atoms with Crippen LogP contribution in [0.3, 0.4) is 0 Å². The van der Waals surface area contributed by atoms with Gasteiger partial charge in [-0.3, -0.25) is 14.8 Å². The van der Waals surface area contributed by atoms with Gasteiger partial charge in [0.1, 0.15) is 11.4 Å². The van der Waals surface area contributed by atoms with Gasteiger partial charge in [0, 0.05) is 23.6 Å². The smallest absolute Gasteiger partial charge is 0.153 e. The number of nitrogens with zero attached hydrogens (tertiary/aromatic N) is 4. The Labute approximate surface area is 126 Å². The summed E-state index contributed by atoms with van der Waals surface area (Å²) in [6.07, 6.45) is 5.60. The van der Waals surface area contributed by atoms with E-state index in [0.29, 0.717) is 22.0 Å². The Balaban J connectivity index is 2.15. The zero-order valence-electron chi connectivity index (χ0n) is 11.2. The summed E-state index contributed by atoms with van der Waals surface area (Å²) in [6.45, 7) is 1.83. The summed E-state index contributed by atoms with van der Waals surface area (Å²) in [7, 11) is 0. The molecule has 104 valence electrons. The second kappa shape index (κ2) is 5.46. The summed E-state index contributed by atoms with van der Waals surface area (Å²) in [4.78, 5) is 19.7. The lowest BCUT2D eigenvalue weighted by molar-refractivity contribution is 0.112. The number of carbonyl (C=O) groups excluding carboxylic acids is 1. The predicted molar refractivity (Wildman–Crippen MR) is 79.7 cm³/mol. The molecule has 0 unspecified atom stereocenters. The van der Waals surface area contributed by atoms with E-state index >= 15 is 0 Å². The largest absolute Gasteiger partial charge is 0.298 e. The maximum absolute atomic E-state index is 11.3. The Hall–Kier alpha value is -2.53. The lowest BCUT2D eigenvalue weighted by atomic mass is 10.2. The molecule has 3 aromatic rings. The van der Waals surface area contributed by atoms with Crippen LogP contribution in [0.5, 0.6) is 0 Å². The number of halogens is 1. The minimum Gasteiger partial charge on any atom is -0.298 e. The van der Waals surface area contributed by atoms with Gasteiger partial charge in [-0.2, -0.15) is 5.10 Å². The number of hydrogen-bond donors (Lipinski definition) is 0. The molecule has 0 N–H and O–H groups in total. The first-order valence-corrected chi connectivity index (χ1v) is 6.65. The van der Waals surface area contributed by atoms with Gasteiger partial charge in [-0.1, -0.05) is 17.7 Å². The van der Waals surface area contributed by atoms with Crippen molar-refractivity contribution >= 4 is 17.9 Å². The first-order chi connectivity index (χ1) is 10.2. The van der Waals surface area contributed by atoms with Crippen LogP contribution < -0.4 is 0 Å². The average molecular weight is 299 g/mol. The van der Waals surface area contributed by atoms with Gasteiger partial charge in [0.15, 0.2) is 6.29 Å². The van der Waals surface area contributed by atoms with E-state index in [1.54, 1.807) is 35.4 Å². The molecular weight excluding hydrogens is 288 g/mol. The van der Waals surface area contributed by atoms with Gasteiger partial charge in [-0.15, -0.1) is 0 Å². The second-order valence-corrected chi connectivity index (χ2v) is 4.90. The van der Waals surface area contributed by atoms with E-state index < -0.39 is 0 Å². The van der Waals surface area contributed by atoms with Crippen molar-refractivity contribution < 1.29 is 4.79 Å². The standard InChI is InChI=1S/C15H11ClN4O/c1-10-14(18-6-5-17-10)15-11(9-21)8-20(19-15)13-4-2-3-12(16)7-13/h2-9H,1H3. The van der Waals surface area contributed by atoms with Gasteiger partial charge in [0.05, 0.1) is 16.9 Å². The van der Waals surface area contributed by atoms with Crippen molar-refractivity contribution in [1.82, 2.24) is 19.7 Å². The molecule has 21 heavy (non-hydrogen) atoms. The van der Waals surface area contributed by atoms with Crippen LogP contribution in [0.25, 0.3) is 17.1 Å². The number of benzene rings is 1. The lowest BCUT2D eigenvalue weighted by Gasteiger charge is -2.02. The van der Waals surface area contributed by atoms with Crippen LogP contribution in [0.1, 0.15) is 16.1 Å². The maximum atomic E-state index is 11.3. The summed E-state index contributed by atoms with van der Waals surface area (Å²) in [6, 6.07) is 7.24. The number of carbonyl (C=O) groups is 1. The van der Waals surface area contributed by atoms with Crippen molar-refractivity contribution in [1.29, 1.82) is 0 Å². The van der Waals surface area contributed by atoms with Crippen molar-refractivity contribution in [2.45, 2.75) is 6.92 Å². The molecule has 1 aromatic carbocycles. The second-order valence-electron chi connectivity index (χ2n) is 4.47.